The molecule has 0 amide bonds. The quantitative estimate of drug-likeness (QED) is 0.426. The summed E-state index contributed by atoms with van der Waals surface area (Å²) >= 11 is 3.12. The van der Waals surface area contributed by atoms with E-state index in [4.69, 9.17) is 0 Å². The molecule has 1 rings (SSSR count). The SMILES string of the molecule is Cc1cc(CBr)n([N+](=O)[O-])n1. The maximum Gasteiger partial charge on any atom is 0.177 e. The maximum absolute atomic E-state index is 10.3. The van der Waals surface area contributed by atoms with Gasteiger partial charge in [0.15, 0.2) is 5.69 Å². The Bertz CT molecular complexity index is 283. The highest BCUT2D eigenvalue weighted by Crippen LogP contribution is 2.06. The van der Waals surface area contributed by atoms with Crippen LogP contribution in [-0.2, 0) is 5.33 Å². The molecule has 0 radical (unpaired) electrons. The Morgan fingerprint density at radius 1 is 1.91 bits per heavy atom. The Labute approximate surface area is 71.3 Å². The molecule has 1 heterocycles. The lowest BCUT2D eigenvalue weighted by Crippen LogP contribution is -2.12. The molecule has 0 unspecified atom stereocenters. The lowest BCUT2D eigenvalue weighted by Gasteiger charge is -1.93. The molecule has 0 atom stereocenters. The zero-order chi connectivity index (χ0) is 8.43. The van der Waals surface area contributed by atoms with E-state index in [-0.39, 0.29) is 0 Å². The minimum Gasteiger partial charge on any atom is -0.339 e. The molecule has 0 aromatic carbocycles. The fraction of sp³-hybridized carbons (Fsp3) is 0.400. The summed E-state index contributed by atoms with van der Waals surface area (Å²) < 4.78 is 0. The molecule has 60 valence electrons. The number of hydrogen-bond acceptors (Lipinski definition) is 3. The van der Waals surface area contributed by atoms with Crippen LogP contribution in [0.5, 0.6) is 0 Å². The topological polar surface area (TPSA) is 61.0 Å². The fourth-order valence-corrected chi connectivity index (χ4v) is 1.16. The first kappa shape index (κ1) is 8.19. The van der Waals surface area contributed by atoms with Crippen LogP contribution in [0.15, 0.2) is 6.07 Å². The summed E-state index contributed by atoms with van der Waals surface area (Å²) in [4.78, 5) is 11.0. The molecule has 0 bridgehead atoms. The van der Waals surface area contributed by atoms with Crippen LogP contribution in [0.3, 0.4) is 0 Å². The first-order valence-corrected chi connectivity index (χ1v) is 4.03. The number of aryl methyl sites for hydroxylation is 1. The fourth-order valence-electron chi connectivity index (χ4n) is 0.775. The van der Waals surface area contributed by atoms with Crippen LogP contribution in [0.25, 0.3) is 0 Å². The highest BCUT2D eigenvalue weighted by Gasteiger charge is 2.12. The summed E-state index contributed by atoms with van der Waals surface area (Å²) in [5, 5.41) is 13.8. The minimum atomic E-state index is -0.552. The molecule has 1 aromatic heterocycles. The van der Waals surface area contributed by atoms with Crippen molar-refractivity contribution in [3.05, 3.63) is 27.6 Å². The van der Waals surface area contributed by atoms with E-state index in [9.17, 15) is 10.1 Å². The van der Waals surface area contributed by atoms with Crippen molar-refractivity contribution in [2.45, 2.75) is 12.3 Å². The molecule has 1 aromatic rings. The van der Waals surface area contributed by atoms with Gasteiger partial charge in [-0.25, -0.2) is 0 Å². The molecule has 5 nitrogen and oxygen atoms in total. The number of rotatable bonds is 2. The predicted molar refractivity (Wildman–Crippen MR) is 42.0 cm³/mol. The predicted octanol–water partition coefficient (Wildman–Crippen LogP) is 1.13. The van der Waals surface area contributed by atoms with Gasteiger partial charge in [0.2, 0.25) is 0 Å². The van der Waals surface area contributed by atoms with Crippen molar-refractivity contribution in [3.63, 3.8) is 0 Å². The monoisotopic (exact) mass is 219 g/mol. The van der Waals surface area contributed by atoms with Crippen LogP contribution in [-0.4, -0.2) is 14.9 Å². The normalized spacial score (nSPS) is 10.0. The van der Waals surface area contributed by atoms with Crippen LogP contribution < -0.4 is 0 Å². The van der Waals surface area contributed by atoms with Crippen LogP contribution in [0.1, 0.15) is 11.4 Å². The molecule has 0 spiro atoms. The summed E-state index contributed by atoms with van der Waals surface area (Å²) in [5.41, 5.74) is 1.20. The van der Waals surface area contributed by atoms with Gasteiger partial charge in [0.1, 0.15) is 5.69 Å². The van der Waals surface area contributed by atoms with Crippen molar-refractivity contribution in [1.29, 1.82) is 0 Å². The van der Waals surface area contributed by atoms with Crippen molar-refractivity contribution in [2.75, 3.05) is 0 Å². The van der Waals surface area contributed by atoms with Gasteiger partial charge in [0.25, 0.3) is 0 Å². The third-order valence-electron chi connectivity index (χ3n) is 1.18. The molecule has 0 saturated heterocycles. The van der Waals surface area contributed by atoms with Gasteiger partial charge < -0.3 is 10.1 Å². The van der Waals surface area contributed by atoms with Gasteiger partial charge in [-0.1, -0.05) is 15.9 Å². The third kappa shape index (κ3) is 1.56. The molecular weight excluding hydrogens is 214 g/mol. The largest absolute Gasteiger partial charge is 0.339 e. The summed E-state index contributed by atoms with van der Waals surface area (Å²) in [6.07, 6.45) is 0. The van der Waals surface area contributed by atoms with E-state index in [1.807, 2.05) is 0 Å². The van der Waals surface area contributed by atoms with E-state index in [0.29, 0.717) is 16.7 Å². The second-order valence-corrected chi connectivity index (χ2v) is 2.60. The molecule has 0 aliphatic carbocycles. The maximum atomic E-state index is 10.3. The highest BCUT2D eigenvalue weighted by atomic mass is 79.9. The van der Waals surface area contributed by atoms with E-state index < -0.39 is 5.03 Å². The van der Waals surface area contributed by atoms with Gasteiger partial charge >= 0.3 is 0 Å². The number of alkyl halides is 1. The number of nitrogens with zero attached hydrogens (tertiary/aromatic N) is 3. The molecule has 0 fully saturated rings. The molecule has 11 heavy (non-hydrogen) atoms. The van der Waals surface area contributed by atoms with Crippen LogP contribution in [0.4, 0.5) is 0 Å². The minimum absolute atomic E-state index is 0.439. The van der Waals surface area contributed by atoms with Crippen molar-refractivity contribution in [1.82, 2.24) is 9.89 Å². The number of aromatic nitrogens is 2. The third-order valence-corrected chi connectivity index (χ3v) is 1.75. The summed E-state index contributed by atoms with van der Waals surface area (Å²) in [6.45, 7) is 1.71. The molecule has 0 N–H and O–H groups in total. The average Bonchev–Trinajstić information content (AvgIpc) is 2.30. The van der Waals surface area contributed by atoms with Gasteiger partial charge in [-0.2, -0.15) is 0 Å². The van der Waals surface area contributed by atoms with Gasteiger partial charge in [-0.05, 0) is 0 Å². The average molecular weight is 220 g/mol. The van der Waals surface area contributed by atoms with Crippen molar-refractivity contribution in [3.8, 4) is 0 Å². The summed E-state index contributed by atoms with van der Waals surface area (Å²) in [7, 11) is 0. The summed E-state index contributed by atoms with van der Waals surface area (Å²) in [6, 6.07) is 1.66. The van der Waals surface area contributed by atoms with Crippen LogP contribution in [0.2, 0.25) is 0 Å². The second kappa shape index (κ2) is 3.00. The molecule has 0 saturated carbocycles. The molecule has 0 aliphatic rings. The first-order chi connectivity index (χ1) is 5.15. The van der Waals surface area contributed by atoms with Crippen molar-refractivity contribution >= 4 is 15.9 Å². The van der Waals surface area contributed by atoms with Gasteiger partial charge in [0.05, 0.1) is 10.4 Å². The first-order valence-electron chi connectivity index (χ1n) is 2.91. The van der Waals surface area contributed by atoms with Crippen molar-refractivity contribution in [2.24, 2.45) is 0 Å². The number of nitro groups is 1. The summed E-state index contributed by atoms with van der Waals surface area (Å²) in [5.74, 6) is 0. The molecular formula is C5H6BrN3O2. The molecule has 6 heteroatoms. The molecule has 0 aliphatic heterocycles. The van der Waals surface area contributed by atoms with Gasteiger partial charge in [-0.3, -0.25) is 0 Å². The van der Waals surface area contributed by atoms with E-state index in [1.54, 1.807) is 13.0 Å². The Kier molecular flexibility index (Phi) is 2.23. The lowest BCUT2D eigenvalue weighted by molar-refractivity contribution is -0.554. The Balaban J connectivity index is 3.12. The van der Waals surface area contributed by atoms with Crippen LogP contribution in [0, 0.1) is 17.0 Å². The Morgan fingerprint density at radius 3 is 2.91 bits per heavy atom. The smallest absolute Gasteiger partial charge is 0.177 e. The highest BCUT2D eigenvalue weighted by molar-refractivity contribution is 9.08. The number of halogens is 1. The van der Waals surface area contributed by atoms with E-state index >= 15 is 0 Å². The lowest BCUT2D eigenvalue weighted by atomic mass is 10.4. The van der Waals surface area contributed by atoms with Gasteiger partial charge in [-0.15, -0.1) is 0 Å². The van der Waals surface area contributed by atoms with Crippen LogP contribution >= 0.6 is 15.9 Å². The van der Waals surface area contributed by atoms with E-state index in [2.05, 4.69) is 21.0 Å². The standard InChI is InChI=1S/C5H6BrN3O2/c1-4-2-5(3-6)8(7-4)9(10)11/h2H,3H2,1H3. The zero-order valence-electron chi connectivity index (χ0n) is 5.82. The Hall–Kier alpha value is -0.910. The van der Waals surface area contributed by atoms with Crippen molar-refractivity contribution < 1.29 is 5.03 Å². The Morgan fingerprint density at radius 2 is 2.55 bits per heavy atom. The second-order valence-electron chi connectivity index (χ2n) is 2.04. The van der Waals surface area contributed by atoms with E-state index in [1.165, 1.54) is 0 Å². The zero-order valence-corrected chi connectivity index (χ0v) is 7.41. The van der Waals surface area contributed by atoms with Gasteiger partial charge in [0, 0.05) is 22.9 Å². The number of hydrogen-bond donors (Lipinski definition) is 0. The van der Waals surface area contributed by atoms with E-state index in [0.717, 1.165) is 4.79 Å².